The van der Waals surface area contributed by atoms with Crippen LogP contribution in [0, 0.1) is 0 Å². The van der Waals surface area contributed by atoms with Crippen LogP contribution >= 0.6 is 0 Å². The summed E-state index contributed by atoms with van der Waals surface area (Å²) in [5, 5.41) is 6.03. The van der Waals surface area contributed by atoms with Crippen molar-refractivity contribution in [3.8, 4) is 0 Å². The Morgan fingerprint density at radius 3 is 2.50 bits per heavy atom. The summed E-state index contributed by atoms with van der Waals surface area (Å²) in [6.45, 7) is 3.67. The van der Waals surface area contributed by atoms with Crippen LogP contribution in [-0.4, -0.2) is 66.0 Å². The van der Waals surface area contributed by atoms with Gasteiger partial charge in [-0.15, -0.1) is 0 Å². The zero-order valence-electron chi connectivity index (χ0n) is 20.5. The van der Waals surface area contributed by atoms with E-state index in [0.29, 0.717) is 37.4 Å². The Labute approximate surface area is 211 Å². The molecule has 0 aromatic heterocycles. The maximum atomic E-state index is 14.0. The molecule has 0 spiro atoms. The van der Waals surface area contributed by atoms with Gasteiger partial charge in [0.05, 0.1) is 30.0 Å². The molecule has 1 saturated heterocycles. The zero-order valence-corrected chi connectivity index (χ0v) is 20.5. The molecule has 2 N–H and O–H groups in total. The molecule has 0 unspecified atom stereocenters. The van der Waals surface area contributed by atoms with E-state index in [1.807, 2.05) is 67.6 Å². The quantitative estimate of drug-likeness (QED) is 0.598. The third kappa shape index (κ3) is 4.73. The highest BCUT2D eigenvalue weighted by Crippen LogP contribution is 2.37. The Kier molecular flexibility index (Phi) is 7.04. The molecule has 3 atom stereocenters. The summed E-state index contributed by atoms with van der Waals surface area (Å²) >= 11 is 0. The summed E-state index contributed by atoms with van der Waals surface area (Å²) in [4.78, 5) is 43.7. The molecule has 4 amide bonds. The molecule has 8 nitrogen and oxygen atoms in total. The Bertz CT molecular complexity index is 1140. The second-order valence-corrected chi connectivity index (χ2v) is 9.42. The number of urea groups is 1. The summed E-state index contributed by atoms with van der Waals surface area (Å²) < 4.78 is 5.67. The first kappa shape index (κ1) is 24.1. The highest BCUT2D eigenvalue weighted by molar-refractivity contribution is 6.03. The second-order valence-electron chi connectivity index (χ2n) is 9.42. The van der Waals surface area contributed by atoms with Crippen LogP contribution in [0.5, 0.6) is 0 Å². The van der Waals surface area contributed by atoms with E-state index in [9.17, 15) is 14.4 Å². The molecule has 3 aliphatic rings. The molecule has 5 rings (SSSR count). The lowest BCUT2D eigenvalue weighted by molar-refractivity contribution is -0.136. The number of likely N-dealkylation sites (N-methyl/N-ethyl adjacent to an activating group) is 1. The van der Waals surface area contributed by atoms with Gasteiger partial charge in [0, 0.05) is 26.1 Å². The van der Waals surface area contributed by atoms with Gasteiger partial charge in [-0.2, -0.15) is 0 Å². The fraction of sp³-hybridized carbons (Fsp3) is 0.393. The van der Waals surface area contributed by atoms with Crippen molar-refractivity contribution in [1.82, 2.24) is 20.4 Å². The number of hydrogen-bond acceptors (Lipinski definition) is 4. The van der Waals surface area contributed by atoms with E-state index in [1.54, 1.807) is 9.80 Å². The second kappa shape index (κ2) is 10.5. The smallest absolute Gasteiger partial charge is 0.322 e. The molecular weight excluding hydrogens is 456 g/mol. The predicted octanol–water partition coefficient (Wildman–Crippen LogP) is 2.78. The van der Waals surface area contributed by atoms with Gasteiger partial charge < -0.3 is 20.3 Å². The van der Waals surface area contributed by atoms with Crippen LogP contribution in [-0.2, 0) is 20.7 Å². The van der Waals surface area contributed by atoms with Gasteiger partial charge in [0.2, 0.25) is 5.91 Å². The van der Waals surface area contributed by atoms with Crippen LogP contribution in [0.15, 0.2) is 71.9 Å². The number of hydrogen-bond donors (Lipinski definition) is 2. The standard InChI is InChI=1S/C28H32N4O4/c1-2-31-23-18-32(27(34)24(23)25(30-28(31)35)20-12-7-4-8-13-20)22(16-19-10-5-3-6-11-19)26(33)29-17-21-14-9-15-36-21/h3-8,10-13,21-22,25H,2,9,14-18H2,1H3,(H,29,33)(H,30,35)/t21-,22+,25+/m0/s1. The summed E-state index contributed by atoms with van der Waals surface area (Å²) in [5.41, 5.74) is 3.01. The van der Waals surface area contributed by atoms with Crippen molar-refractivity contribution in [2.45, 2.75) is 44.4 Å². The van der Waals surface area contributed by atoms with E-state index in [0.717, 1.165) is 24.0 Å². The molecule has 2 aromatic carbocycles. The van der Waals surface area contributed by atoms with Gasteiger partial charge in [-0.05, 0) is 30.9 Å². The van der Waals surface area contributed by atoms with Crippen LogP contribution in [0.4, 0.5) is 4.79 Å². The number of amides is 4. The highest BCUT2D eigenvalue weighted by Gasteiger charge is 2.46. The summed E-state index contributed by atoms with van der Waals surface area (Å²) in [6, 6.07) is 17.7. The average Bonchev–Trinajstić information content (AvgIpc) is 3.55. The fourth-order valence-corrected chi connectivity index (χ4v) is 5.31. The lowest BCUT2D eigenvalue weighted by Gasteiger charge is -2.32. The maximum Gasteiger partial charge on any atom is 0.322 e. The molecule has 2 aromatic rings. The lowest BCUT2D eigenvalue weighted by Crippen LogP contribution is -2.51. The van der Waals surface area contributed by atoms with Gasteiger partial charge in [-0.1, -0.05) is 60.7 Å². The van der Waals surface area contributed by atoms with E-state index >= 15 is 0 Å². The summed E-state index contributed by atoms with van der Waals surface area (Å²) in [6.07, 6.45) is 2.30. The molecule has 3 aliphatic heterocycles. The average molecular weight is 489 g/mol. The van der Waals surface area contributed by atoms with E-state index < -0.39 is 12.1 Å². The van der Waals surface area contributed by atoms with Crippen molar-refractivity contribution in [2.24, 2.45) is 0 Å². The normalized spacial score (nSPS) is 22.5. The monoisotopic (exact) mass is 488 g/mol. The number of nitrogens with zero attached hydrogens (tertiary/aromatic N) is 2. The summed E-state index contributed by atoms with van der Waals surface area (Å²) in [7, 11) is 0. The Balaban J connectivity index is 1.45. The van der Waals surface area contributed by atoms with Crippen molar-refractivity contribution in [2.75, 3.05) is 26.2 Å². The number of benzene rings is 2. The van der Waals surface area contributed by atoms with Gasteiger partial charge in [-0.25, -0.2) is 4.79 Å². The number of carbonyl (C=O) groups is 3. The minimum atomic E-state index is -0.711. The Morgan fingerprint density at radius 2 is 1.83 bits per heavy atom. The molecule has 188 valence electrons. The maximum absolute atomic E-state index is 14.0. The molecule has 3 heterocycles. The van der Waals surface area contributed by atoms with Crippen LogP contribution < -0.4 is 10.6 Å². The molecule has 36 heavy (non-hydrogen) atoms. The van der Waals surface area contributed by atoms with E-state index in [4.69, 9.17) is 4.74 Å². The van der Waals surface area contributed by atoms with Crippen molar-refractivity contribution in [3.63, 3.8) is 0 Å². The first-order chi connectivity index (χ1) is 17.6. The van der Waals surface area contributed by atoms with Gasteiger partial charge in [-0.3, -0.25) is 14.5 Å². The van der Waals surface area contributed by atoms with E-state index in [2.05, 4.69) is 10.6 Å². The number of nitrogens with one attached hydrogen (secondary N) is 2. The number of rotatable bonds is 8. The van der Waals surface area contributed by atoms with Crippen molar-refractivity contribution in [3.05, 3.63) is 83.1 Å². The Morgan fingerprint density at radius 1 is 1.11 bits per heavy atom. The number of carbonyl (C=O) groups excluding carboxylic acids is 3. The van der Waals surface area contributed by atoms with E-state index in [1.165, 1.54) is 0 Å². The largest absolute Gasteiger partial charge is 0.376 e. The molecule has 0 aliphatic carbocycles. The van der Waals surface area contributed by atoms with Gasteiger partial charge in [0.15, 0.2) is 0 Å². The molecule has 0 bridgehead atoms. The molecule has 8 heteroatoms. The zero-order chi connectivity index (χ0) is 25.1. The third-order valence-electron chi connectivity index (χ3n) is 7.18. The third-order valence-corrected chi connectivity index (χ3v) is 7.18. The van der Waals surface area contributed by atoms with Crippen LogP contribution in [0.3, 0.4) is 0 Å². The minimum absolute atomic E-state index is 0.00630. The molecule has 0 radical (unpaired) electrons. The lowest BCUT2D eigenvalue weighted by atomic mass is 9.95. The first-order valence-corrected chi connectivity index (χ1v) is 12.7. The van der Waals surface area contributed by atoms with Gasteiger partial charge in [0.25, 0.3) is 5.91 Å². The van der Waals surface area contributed by atoms with E-state index in [-0.39, 0.29) is 30.5 Å². The predicted molar refractivity (Wildman–Crippen MR) is 135 cm³/mol. The molecule has 1 fully saturated rings. The number of ether oxygens (including phenoxy) is 1. The topological polar surface area (TPSA) is 91.0 Å². The van der Waals surface area contributed by atoms with Crippen LogP contribution in [0.1, 0.15) is 36.9 Å². The SMILES string of the molecule is CCN1C(=O)N[C@H](c2ccccc2)C2=C1CN([C@H](Cc1ccccc1)C(=O)NC[C@@H]1CCCO1)C2=O. The summed E-state index contributed by atoms with van der Waals surface area (Å²) in [5.74, 6) is -0.424. The van der Waals surface area contributed by atoms with Crippen LogP contribution in [0.2, 0.25) is 0 Å². The van der Waals surface area contributed by atoms with Crippen molar-refractivity contribution >= 4 is 17.8 Å². The first-order valence-electron chi connectivity index (χ1n) is 12.7. The van der Waals surface area contributed by atoms with Gasteiger partial charge >= 0.3 is 6.03 Å². The Hall–Kier alpha value is -3.65. The molecule has 0 saturated carbocycles. The van der Waals surface area contributed by atoms with Crippen molar-refractivity contribution in [1.29, 1.82) is 0 Å². The van der Waals surface area contributed by atoms with Gasteiger partial charge in [0.1, 0.15) is 6.04 Å². The van der Waals surface area contributed by atoms with Crippen molar-refractivity contribution < 1.29 is 19.1 Å². The highest BCUT2D eigenvalue weighted by atomic mass is 16.5. The minimum Gasteiger partial charge on any atom is -0.376 e. The van der Waals surface area contributed by atoms with Crippen LogP contribution in [0.25, 0.3) is 0 Å². The fourth-order valence-electron chi connectivity index (χ4n) is 5.31. The molecular formula is C28H32N4O4.